The second-order valence-electron chi connectivity index (χ2n) is 5.65. The van der Waals surface area contributed by atoms with Gasteiger partial charge in [-0.15, -0.1) is 0 Å². The molecule has 5 heteroatoms. The van der Waals surface area contributed by atoms with Gasteiger partial charge in [-0.2, -0.15) is 5.10 Å². The summed E-state index contributed by atoms with van der Waals surface area (Å²) in [6.07, 6.45) is 2.45. The summed E-state index contributed by atoms with van der Waals surface area (Å²) in [5, 5.41) is 8.80. The molecule has 2 atom stereocenters. The Hall–Kier alpha value is -0.580. The zero-order valence-electron chi connectivity index (χ0n) is 12.4. The number of hydrogen-bond acceptors (Lipinski definition) is 3. The Morgan fingerprint density at radius 2 is 2.21 bits per heavy atom. The molecular formula is C14H25ClN4. The van der Waals surface area contributed by atoms with Gasteiger partial charge in [-0.3, -0.25) is 9.58 Å². The lowest BCUT2D eigenvalue weighted by Crippen LogP contribution is -2.55. The van der Waals surface area contributed by atoms with Gasteiger partial charge in [0.2, 0.25) is 0 Å². The molecule has 1 aliphatic rings. The van der Waals surface area contributed by atoms with E-state index >= 15 is 0 Å². The molecule has 19 heavy (non-hydrogen) atoms. The van der Waals surface area contributed by atoms with Crippen LogP contribution in [0.5, 0.6) is 0 Å². The van der Waals surface area contributed by atoms with Crippen molar-refractivity contribution < 1.29 is 0 Å². The van der Waals surface area contributed by atoms with E-state index in [-0.39, 0.29) is 0 Å². The molecule has 0 spiro atoms. The lowest BCUT2D eigenvalue weighted by atomic mass is 10.0. The molecule has 2 unspecified atom stereocenters. The van der Waals surface area contributed by atoms with Crippen molar-refractivity contribution in [1.82, 2.24) is 20.0 Å². The Bertz CT molecular complexity index is 429. The Morgan fingerprint density at radius 3 is 2.79 bits per heavy atom. The molecule has 1 saturated heterocycles. The van der Waals surface area contributed by atoms with Gasteiger partial charge in [-0.05, 0) is 20.3 Å². The molecule has 1 aromatic rings. The predicted octanol–water partition coefficient (Wildman–Crippen LogP) is 2.34. The summed E-state index contributed by atoms with van der Waals surface area (Å²) >= 11 is 6.37. The third-order valence-electron chi connectivity index (χ3n) is 3.96. The highest BCUT2D eigenvalue weighted by Gasteiger charge is 2.26. The molecule has 4 nitrogen and oxygen atoms in total. The van der Waals surface area contributed by atoms with Crippen LogP contribution in [-0.4, -0.2) is 39.9 Å². The summed E-state index contributed by atoms with van der Waals surface area (Å²) in [7, 11) is 1.98. The second-order valence-corrected chi connectivity index (χ2v) is 6.03. The Balaban J connectivity index is 2.13. The summed E-state index contributed by atoms with van der Waals surface area (Å²) in [6, 6.07) is 1.15. The molecule has 1 aliphatic heterocycles. The van der Waals surface area contributed by atoms with E-state index in [1.54, 1.807) is 0 Å². The molecule has 0 bridgehead atoms. The number of hydrogen-bond donors (Lipinski definition) is 1. The van der Waals surface area contributed by atoms with Crippen LogP contribution in [0.2, 0.25) is 5.02 Å². The normalized spacial score (nSPS) is 24.9. The first-order chi connectivity index (χ1) is 9.02. The summed E-state index contributed by atoms with van der Waals surface area (Å²) < 4.78 is 1.92. The van der Waals surface area contributed by atoms with Crippen LogP contribution in [-0.2, 0) is 13.6 Å². The van der Waals surface area contributed by atoms with Crippen LogP contribution in [0.25, 0.3) is 0 Å². The van der Waals surface area contributed by atoms with E-state index in [2.05, 4.69) is 29.2 Å². The topological polar surface area (TPSA) is 33.1 Å². The highest BCUT2D eigenvalue weighted by atomic mass is 35.5. The molecule has 0 radical (unpaired) electrons. The van der Waals surface area contributed by atoms with Crippen molar-refractivity contribution in [1.29, 1.82) is 0 Å². The monoisotopic (exact) mass is 284 g/mol. The van der Waals surface area contributed by atoms with Gasteiger partial charge in [0, 0.05) is 38.8 Å². The van der Waals surface area contributed by atoms with Crippen LogP contribution in [0.4, 0.5) is 0 Å². The van der Waals surface area contributed by atoms with E-state index in [1.165, 1.54) is 12.8 Å². The highest BCUT2D eigenvalue weighted by Crippen LogP contribution is 2.23. The van der Waals surface area contributed by atoms with Crippen LogP contribution in [0.15, 0.2) is 0 Å². The van der Waals surface area contributed by atoms with Crippen molar-refractivity contribution in [3.8, 4) is 0 Å². The summed E-state index contributed by atoms with van der Waals surface area (Å²) in [5.41, 5.74) is 2.06. The van der Waals surface area contributed by atoms with E-state index in [9.17, 15) is 0 Å². The standard InChI is InChI=1S/C14H25ClN4/c1-5-6-12-7-16-10(2)8-19(12)9-13-14(15)11(3)17-18(13)4/h10,12,16H,5-9H2,1-4H3. The van der Waals surface area contributed by atoms with Crippen molar-refractivity contribution in [3.63, 3.8) is 0 Å². The largest absolute Gasteiger partial charge is 0.311 e. The summed E-state index contributed by atoms with van der Waals surface area (Å²) in [6.45, 7) is 9.50. The zero-order chi connectivity index (χ0) is 14.0. The number of rotatable bonds is 4. The lowest BCUT2D eigenvalue weighted by molar-refractivity contribution is 0.117. The zero-order valence-corrected chi connectivity index (χ0v) is 13.2. The van der Waals surface area contributed by atoms with Crippen LogP contribution in [0, 0.1) is 6.92 Å². The molecule has 0 aliphatic carbocycles. The van der Waals surface area contributed by atoms with Crippen molar-refractivity contribution in [2.45, 2.75) is 52.2 Å². The fourth-order valence-electron chi connectivity index (χ4n) is 2.89. The fourth-order valence-corrected chi connectivity index (χ4v) is 3.11. The molecule has 1 N–H and O–H groups in total. The molecule has 0 saturated carbocycles. The number of aromatic nitrogens is 2. The van der Waals surface area contributed by atoms with Crippen molar-refractivity contribution in [3.05, 3.63) is 16.4 Å². The Labute approximate surface area is 121 Å². The number of piperazine rings is 1. The first-order valence-corrected chi connectivity index (χ1v) is 7.56. The van der Waals surface area contributed by atoms with Gasteiger partial charge >= 0.3 is 0 Å². The van der Waals surface area contributed by atoms with Crippen molar-refractivity contribution >= 4 is 11.6 Å². The molecule has 0 aromatic carbocycles. The molecule has 1 fully saturated rings. The molecule has 2 heterocycles. The molecule has 0 amide bonds. The summed E-state index contributed by atoms with van der Waals surface area (Å²) in [4.78, 5) is 2.55. The highest BCUT2D eigenvalue weighted by molar-refractivity contribution is 6.31. The van der Waals surface area contributed by atoms with E-state index < -0.39 is 0 Å². The van der Waals surface area contributed by atoms with Gasteiger partial charge in [0.1, 0.15) is 0 Å². The molecule has 108 valence electrons. The first-order valence-electron chi connectivity index (χ1n) is 7.18. The number of nitrogens with zero attached hydrogens (tertiary/aromatic N) is 3. The number of halogens is 1. The van der Waals surface area contributed by atoms with Gasteiger partial charge in [0.05, 0.1) is 16.4 Å². The third-order valence-corrected chi connectivity index (χ3v) is 4.45. The van der Waals surface area contributed by atoms with Crippen LogP contribution < -0.4 is 5.32 Å². The smallest absolute Gasteiger partial charge is 0.0860 e. The molecule has 2 rings (SSSR count). The van der Waals surface area contributed by atoms with Gasteiger partial charge in [-0.1, -0.05) is 24.9 Å². The third kappa shape index (κ3) is 3.30. The number of nitrogens with one attached hydrogen (secondary N) is 1. The predicted molar refractivity (Wildman–Crippen MR) is 79.5 cm³/mol. The number of aryl methyl sites for hydroxylation is 2. The Morgan fingerprint density at radius 1 is 1.47 bits per heavy atom. The molecule has 1 aromatic heterocycles. The van der Waals surface area contributed by atoms with E-state index in [4.69, 9.17) is 11.6 Å². The van der Waals surface area contributed by atoms with Gasteiger partial charge < -0.3 is 5.32 Å². The van der Waals surface area contributed by atoms with Crippen molar-refractivity contribution in [2.24, 2.45) is 7.05 Å². The molecular weight excluding hydrogens is 260 g/mol. The van der Waals surface area contributed by atoms with Crippen molar-refractivity contribution in [2.75, 3.05) is 13.1 Å². The maximum atomic E-state index is 6.37. The quantitative estimate of drug-likeness (QED) is 0.921. The lowest BCUT2D eigenvalue weighted by Gasteiger charge is -2.39. The van der Waals surface area contributed by atoms with Gasteiger partial charge in [-0.25, -0.2) is 0 Å². The average molecular weight is 285 g/mol. The van der Waals surface area contributed by atoms with E-state index in [0.29, 0.717) is 12.1 Å². The van der Waals surface area contributed by atoms with E-state index in [1.807, 2.05) is 18.7 Å². The van der Waals surface area contributed by atoms with E-state index in [0.717, 1.165) is 36.0 Å². The summed E-state index contributed by atoms with van der Waals surface area (Å²) in [5.74, 6) is 0. The van der Waals surface area contributed by atoms with Gasteiger partial charge in [0.15, 0.2) is 0 Å². The maximum Gasteiger partial charge on any atom is 0.0860 e. The Kier molecular flexibility index (Phi) is 4.87. The van der Waals surface area contributed by atoms with Crippen LogP contribution in [0.1, 0.15) is 38.1 Å². The minimum atomic E-state index is 0.543. The first kappa shape index (κ1) is 14.8. The fraction of sp³-hybridized carbons (Fsp3) is 0.786. The minimum absolute atomic E-state index is 0.543. The second kappa shape index (κ2) is 6.25. The van der Waals surface area contributed by atoms with Crippen LogP contribution >= 0.6 is 11.6 Å². The minimum Gasteiger partial charge on any atom is -0.311 e. The average Bonchev–Trinajstić information content (AvgIpc) is 2.59. The van der Waals surface area contributed by atoms with Gasteiger partial charge in [0.25, 0.3) is 0 Å². The SMILES string of the molecule is CCCC1CNC(C)CN1Cc1c(Cl)c(C)nn1C. The van der Waals surface area contributed by atoms with Crippen LogP contribution in [0.3, 0.4) is 0 Å². The maximum absolute atomic E-state index is 6.37.